The van der Waals surface area contributed by atoms with E-state index in [0.29, 0.717) is 24.8 Å². The molecule has 2 N–H and O–H groups in total. The number of morpholine rings is 1. The van der Waals surface area contributed by atoms with Crippen LogP contribution in [0.25, 0.3) is 11.0 Å². The molecule has 130 valence electrons. The van der Waals surface area contributed by atoms with Gasteiger partial charge in [0.05, 0.1) is 18.6 Å². The van der Waals surface area contributed by atoms with Crippen molar-refractivity contribution in [3.8, 4) is 0 Å². The molecule has 8 heteroatoms. The minimum absolute atomic E-state index is 0.233. The molecule has 0 radical (unpaired) electrons. The predicted octanol–water partition coefficient (Wildman–Crippen LogP) is 2.63. The highest BCUT2D eigenvalue weighted by Crippen LogP contribution is 2.39. The van der Waals surface area contributed by atoms with Crippen LogP contribution >= 0.6 is 12.3 Å². The van der Waals surface area contributed by atoms with Crippen molar-refractivity contribution < 1.29 is 8.62 Å². The van der Waals surface area contributed by atoms with E-state index in [1.165, 1.54) is 6.33 Å². The molecule has 0 bridgehead atoms. The van der Waals surface area contributed by atoms with Crippen molar-refractivity contribution in [1.29, 1.82) is 0 Å². The summed E-state index contributed by atoms with van der Waals surface area (Å²) in [5, 5.41) is 0.925. The Morgan fingerprint density at radius 2 is 1.92 bits per heavy atom. The molecule has 2 fully saturated rings. The van der Waals surface area contributed by atoms with Gasteiger partial charge in [0, 0.05) is 30.7 Å². The second-order valence-electron chi connectivity index (χ2n) is 6.58. The summed E-state index contributed by atoms with van der Waals surface area (Å²) in [5.41, 5.74) is 7.67. The number of hydrogen-bond donors (Lipinski definition) is 1. The highest BCUT2D eigenvalue weighted by atomic mass is 32.2. The molecule has 3 heterocycles. The van der Waals surface area contributed by atoms with E-state index in [-0.39, 0.29) is 18.4 Å². The topological polar surface area (TPSA) is 69.2 Å². The van der Waals surface area contributed by atoms with Crippen molar-refractivity contribution in [3.05, 3.63) is 18.1 Å². The van der Waals surface area contributed by atoms with Crippen LogP contribution in [0.3, 0.4) is 0 Å². The van der Waals surface area contributed by atoms with E-state index in [1.807, 2.05) is 0 Å². The largest absolute Gasteiger partial charge is 0.378 e. The van der Waals surface area contributed by atoms with E-state index < -0.39 is 0 Å². The van der Waals surface area contributed by atoms with E-state index >= 15 is 0 Å². The number of nitrogens with two attached hydrogens (primary N) is 1. The summed E-state index contributed by atoms with van der Waals surface area (Å²) in [7, 11) is 0. The summed E-state index contributed by atoms with van der Waals surface area (Å²) in [6.07, 6.45) is 5.51. The molecule has 1 aliphatic carbocycles. The highest BCUT2D eigenvalue weighted by Gasteiger charge is 2.27. The number of rotatable bonds is 3. The third-order valence-electron chi connectivity index (χ3n) is 5.13. The molecule has 0 unspecified atom stereocenters. The molecule has 2 aromatic rings. The van der Waals surface area contributed by atoms with Gasteiger partial charge < -0.3 is 15.4 Å². The summed E-state index contributed by atoms with van der Waals surface area (Å²) < 4.78 is 20.8. The van der Waals surface area contributed by atoms with Crippen molar-refractivity contribution in [3.63, 3.8) is 0 Å². The van der Waals surface area contributed by atoms with Crippen LogP contribution in [0.5, 0.6) is 0 Å². The zero-order chi connectivity index (χ0) is 16.5. The third kappa shape index (κ3) is 2.87. The molecule has 1 aliphatic heterocycles. The van der Waals surface area contributed by atoms with Gasteiger partial charge in [-0.1, -0.05) is 0 Å². The lowest BCUT2D eigenvalue weighted by atomic mass is 9.84. The number of anilines is 1. The van der Waals surface area contributed by atoms with Gasteiger partial charge in [0.15, 0.2) is 18.0 Å². The second-order valence-corrected chi connectivity index (χ2v) is 7.08. The minimum atomic E-state index is 0.233. The van der Waals surface area contributed by atoms with Gasteiger partial charge in [-0.15, -0.1) is 3.89 Å². The fraction of sp³-hybridized carbons (Fsp3) is 0.625. The Kier molecular flexibility index (Phi) is 4.60. The Labute approximate surface area is 145 Å². The smallest absolute Gasteiger partial charge is 0.171 e. The van der Waals surface area contributed by atoms with Gasteiger partial charge in [0.2, 0.25) is 0 Å². The lowest BCUT2D eigenvalue weighted by Crippen LogP contribution is -2.36. The van der Waals surface area contributed by atoms with Crippen molar-refractivity contribution >= 4 is 29.2 Å². The molecule has 0 amide bonds. The molecule has 2 aromatic heterocycles. The first kappa shape index (κ1) is 16.1. The maximum atomic E-state index is 13.7. The van der Waals surface area contributed by atoms with Crippen LogP contribution in [0.1, 0.15) is 37.3 Å². The van der Waals surface area contributed by atoms with Crippen LogP contribution in [0.2, 0.25) is 0 Å². The summed E-state index contributed by atoms with van der Waals surface area (Å²) in [6.45, 7) is 2.98. The van der Waals surface area contributed by atoms with Crippen molar-refractivity contribution in [2.24, 2.45) is 5.73 Å². The average molecular weight is 351 g/mol. The molecule has 1 saturated heterocycles. The number of halogens is 1. The molecule has 1 saturated carbocycles. The first-order valence-corrected chi connectivity index (χ1v) is 9.19. The lowest BCUT2D eigenvalue weighted by Gasteiger charge is -2.28. The lowest BCUT2D eigenvalue weighted by molar-refractivity contribution is 0.122. The summed E-state index contributed by atoms with van der Waals surface area (Å²) >= 11 is 0.233. The summed E-state index contributed by atoms with van der Waals surface area (Å²) in [6, 6.07) is 2.36. The van der Waals surface area contributed by atoms with Gasteiger partial charge >= 0.3 is 0 Å². The first-order chi connectivity index (χ1) is 11.8. The molecular formula is C16H22FN5OS. The van der Waals surface area contributed by atoms with E-state index in [0.717, 1.165) is 55.7 Å². The van der Waals surface area contributed by atoms with Crippen molar-refractivity contribution in [2.75, 3.05) is 31.2 Å². The van der Waals surface area contributed by atoms with Crippen molar-refractivity contribution in [2.45, 2.75) is 37.6 Å². The molecule has 0 atom stereocenters. The Morgan fingerprint density at radius 1 is 1.17 bits per heavy atom. The van der Waals surface area contributed by atoms with Gasteiger partial charge in [0.25, 0.3) is 0 Å². The molecule has 4 rings (SSSR count). The van der Waals surface area contributed by atoms with Gasteiger partial charge in [-0.2, -0.15) is 0 Å². The Morgan fingerprint density at radius 3 is 2.62 bits per heavy atom. The highest BCUT2D eigenvalue weighted by molar-refractivity contribution is 7.93. The fourth-order valence-electron chi connectivity index (χ4n) is 3.80. The van der Waals surface area contributed by atoms with Gasteiger partial charge in [-0.05, 0) is 31.7 Å². The Bertz CT molecular complexity index is 710. The normalized spacial score (nSPS) is 25.3. The summed E-state index contributed by atoms with van der Waals surface area (Å²) in [5.74, 6) is 1.21. The standard InChI is InChI=1S/C16H22FN5OS/c17-24-22-14(11-1-3-12(18)4-2-11)9-13-15(19-10-20-16(13)22)21-5-7-23-8-6-21/h9-12H,1-8,18H2. The molecular weight excluding hydrogens is 329 g/mol. The molecule has 0 aromatic carbocycles. The van der Waals surface area contributed by atoms with E-state index in [1.54, 1.807) is 3.97 Å². The van der Waals surface area contributed by atoms with E-state index in [2.05, 4.69) is 20.9 Å². The van der Waals surface area contributed by atoms with Gasteiger partial charge in [-0.3, -0.25) is 0 Å². The number of ether oxygens (including phenoxy) is 1. The molecule has 24 heavy (non-hydrogen) atoms. The van der Waals surface area contributed by atoms with Crippen LogP contribution in [-0.2, 0) is 4.74 Å². The first-order valence-electron chi connectivity index (χ1n) is 8.51. The quantitative estimate of drug-likeness (QED) is 0.917. The molecule has 0 spiro atoms. The third-order valence-corrected chi connectivity index (χ3v) is 5.65. The second kappa shape index (κ2) is 6.85. The van der Waals surface area contributed by atoms with Crippen LogP contribution in [-0.4, -0.2) is 46.3 Å². The zero-order valence-electron chi connectivity index (χ0n) is 13.5. The van der Waals surface area contributed by atoms with E-state index in [4.69, 9.17) is 10.5 Å². The van der Waals surface area contributed by atoms with Crippen LogP contribution < -0.4 is 10.6 Å². The van der Waals surface area contributed by atoms with Crippen LogP contribution in [0, 0.1) is 0 Å². The van der Waals surface area contributed by atoms with Crippen LogP contribution in [0.15, 0.2) is 12.4 Å². The van der Waals surface area contributed by atoms with Crippen molar-refractivity contribution in [1.82, 2.24) is 13.9 Å². The molecule has 2 aliphatic rings. The fourth-order valence-corrected chi connectivity index (χ4v) is 4.29. The number of fused-ring (bicyclic) bond motifs is 1. The molecule has 6 nitrogen and oxygen atoms in total. The maximum absolute atomic E-state index is 13.7. The number of hydrogen-bond acceptors (Lipinski definition) is 6. The minimum Gasteiger partial charge on any atom is -0.378 e. The van der Waals surface area contributed by atoms with E-state index in [9.17, 15) is 3.89 Å². The SMILES string of the molecule is NC1CCC(c2cc3c(N4CCOCC4)ncnc3n2SF)CC1. The Hall–Kier alpha value is -1.38. The predicted molar refractivity (Wildman–Crippen MR) is 93.8 cm³/mol. The Balaban J connectivity index is 1.75. The van der Waals surface area contributed by atoms with Crippen LogP contribution in [0.4, 0.5) is 9.70 Å². The van der Waals surface area contributed by atoms with Gasteiger partial charge in [0.1, 0.15) is 12.1 Å². The maximum Gasteiger partial charge on any atom is 0.171 e. The average Bonchev–Trinajstić information content (AvgIpc) is 3.01. The number of aromatic nitrogens is 3. The van der Waals surface area contributed by atoms with Gasteiger partial charge in [-0.25, -0.2) is 13.9 Å². The number of nitrogens with zero attached hydrogens (tertiary/aromatic N) is 4. The zero-order valence-corrected chi connectivity index (χ0v) is 14.3. The monoisotopic (exact) mass is 351 g/mol. The summed E-state index contributed by atoms with van der Waals surface area (Å²) in [4.78, 5) is 11.0.